The lowest BCUT2D eigenvalue weighted by Gasteiger charge is -2.20. The molecule has 6 nitrogen and oxygen atoms in total. The summed E-state index contributed by atoms with van der Waals surface area (Å²) in [4.78, 5) is 13.3. The number of nitrogens with two attached hydrogens (primary N) is 1. The fourth-order valence-electron chi connectivity index (χ4n) is 1.22. The summed E-state index contributed by atoms with van der Waals surface area (Å²) >= 11 is 0. The van der Waals surface area contributed by atoms with Crippen molar-refractivity contribution in [3.8, 4) is 0 Å². The first-order chi connectivity index (χ1) is 7.65. The second-order valence-corrected chi connectivity index (χ2v) is 3.26. The summed E-state index contributed by atoms with van der Waals surface area (Å²) in [6.07, 6.45) is 0.753. The third-order valence-corrected chi connectivity index (χ3v) is 2.17. The topological polar surface area (TPSA) is 88.2 Å². The van der Waals surface area contributed by atoms with E-state index in [1.165, 1.54) is 0 Å². The normalized spacial score (nSPS) is 11.5. The number of nitrogens with zero attached hydrogens (tertiary/aromatic N) is 2. The lowest BCUT2D eigenvalue weighted by atomic mass is 10.3. The summed E-state index contributed by atoms with van der Waals surface area (Å²) < 4.78 is 5.11. The highest BCUT2D eigenvalue weighted by Crippen LogP contribution is 1.97. The molecule has 0 aliphatic heterocycles. The number of amidine groups is 1. The molecule has 0 saturated carbocycles. The van der Waals surface area contributed by atoms with Crippen LogP contribution < -0.4 is 5.73 Å². The number of hydrogen-bond acceptors (Lipinski definition) is 4. The van der Waals surface area contributed by atoms with Crippen molar-refractivity contribution in [1.29, 1.82) is 0 Å². The van der Waals surface area contributed by atoms with Crippen molar-refractivity contribution in [1.82, 2.24) is 4.90 Å². The molecule has 0 aliphatic carbocycles. The van der Waals surface area contributed by atoms with Crippen LogP contribution in [0.15, 0.2) is 5.16 Å². The Morgan fingerprint density at radius 2 is 2.12 bits per heavy atom. The van der Waals surface area contributed by atoms with E-state index in [9.17, 15) is 4.79 Å². The zero-order valence-corrected chi connectivity index (χ0v) is 9.98. The Balaban J connectivity index is 3.92. The maximum absolute atomic E-state index is 11.7. The average Bonchev–Trinajstić information content (AvgIpc) is 2.29. The highest BCUT2D eigenvalue weighted by molar-refractivity contribution is 5.81. The predicted octanol–water partition coefficient (Wildman–Crippen LogP) is 0.398. The van der Waals surface area contributed by atoms with Gasteiger partial charge in [-0.25, -0.2) is 0 Å². The zero-order chi connectivity index (χ0) is 12.4. The molecule has 0 heterocycles. The van der Waals surface area contributed by atoms with E-state index < -0.39 is 0 Å². The van der Waals surface area contributed by atoms with Gasteiger partial charge in [-0.05, 0) is 13.8 Å². The maximum Gasteiger partial charge on any atom is 0.224 e. The molecule has 0 aromatic rings. The van der Waals surface area contributed by atoms with Crippen LogP contribution in [-0.2, 0) is 9.53 Å². The first-order valence-corrected chi connectivity index (χ1v) is 5.47. The molecule has 0 aliphatic rings. The number of oxime groups is 1. The minimum Gasteiger partial charge on any atom is -0.409 e. The summed E-state index contributed by atoms with van der Waals surface area (Å²) in [6.45, 7) is 5.92. The SMILES string of the molecule is CCOCCC(=O)N(CC)CCC(N)=NO. The van der Waals surface area contributed by atoms with Crippen LogP contribution in [0.5, 0.6) is 0 Å². The van der Waals surface area contributed by atoms with E-state index in [0.29, 0.717) is 39.1 Å². The number of carbonyl (C=O) groups is 1. The van der Waals surface area contributed by atoms with Crippen molar-refractivity contribution in [2.24, 2.45) is 10.9 Å². The molecule has 3 N–H and O–H groups in total. The molecular weight excluding hydrogens is 210 g/mol. The van der Waals surface area contributed by atoms with Gasteiger partial charge in [0.15, 0.2) is 0 Å². The molecule has 16 heavy (non-hydrogen) atoms. The smallest absolute Gasteiger partial charge is 0.224 e. The molecule has 0 atom stereocenters. The van der Waals surface area contributed by atoms with Crippen LogP contribution in [0.4, 0.5) is 0 Å². The standard InChI is InChI=1S/C10H21N3O3/c1-3-13(7-5-9(11)12-15)10(14)6-8-16-4-2/h15H,3-8H2,1-2H3,(H2,11,12). The van der Waals surface area contributed by atoms with Gasteiger partial charge in [-0.2, -0.15) is 0 Å². The molecule has 6 heteroatoms. The van der Waals surface area contributed by atoms with Gasteiger partial charge in [0, 0.05) is 26.1 Å². The van der Waals surface area contributed by atoms with Crippen LogP contribution in [-0.4, -0.2) is 48.2 Å². The summed E-state index contributed by atoms with van der Waals surface area (Å²) in [5.41, 5.74) is 5.34. The van der Waals surface area contributed by atoms with E-state index in [1.54, 1.807) is 4.90 Å². The predicted molar refractivity (Wildman–Crippen MR) is 61.4 cm³/mol. The molecular formula is C10H21N3O3. The summed E-state index contributed by atoms with van der Waals surface area (Å²) in [6, 6.07) is 0. The van der Waals surface area contributed by atoms with E-state index in [2.05, 4.69) is 5.16 Å². The maximum atomic E-state index is 11.7. The van der Waals surface area contributed by atoms with Crippen LogP contribution >= 0.6 is 0 Å². The fraction of sp³-hybridized carbons (Fsp3) is 0.800. The fourth-order valence-corrected chi connectivity index (χ4v) is 1.22. The van der Waals surface area contributed by atoms with Gasteiger partial charge in [-0.3, -0.25) is 4.79 Å². The second-order valence-electron chi connectivity index (χ2n) is 3.26. The molecule has 0 fully saturated rings. The highest BCUT2D eigenvalue weighted by atomic mass is 16.5. The quantitative estimate of drug-likeness (QED) is 0.208. The van der Waals surface area contributed by atoms with E-state index in [0.717, 1.165) is 0 Å². The molecule has 0 rings (SSSR count). The molecule has 0 bridgehead atoms. The average molecular weight is 231 g/mol. The number of hydrogen-bond donors (Lipinski definition) is 2. The van der Waals surface area contributed by atoms with E-state index >= 15 is 0 Å². The van der Waals surface area contributed by atoms with Crippen molar-refractivity contribution in [3.63, 3.8) is 0 Å². The van der Waals surface area contributed by atoms with Crippen LogP contribution in [0, 0.1) is 0 Å². The third kappa shape index (κ3) is 6.23. The first kappa shape index (κ1) is 14.7. The van der Waals surface area contributed by atoms with Crippen LogP contribution in [0.25, 0.3) is 0 Å². The highest BCUT2D eigenvalue weighted by Gasteiger charge is 2.11. The summed E-state index contributed by atoms with van der Waals surface area (Å²) in [7, 11) is 0. The van der Waals surface area contributed by atoms with Crippen LogP contribution in [0.3, 0.4) is 0 Å². The van der Waals surface area contributed by atoms with Crippen molar-refractivity contribution < 1.29 is 14.7 Å². The van der Waals surface area contributed by atoms with E-state index in [4.69, 9.17) is 15.7 Å². The van der Waals surface area contributed by atoms with Gasteiger partial charge in [0.25, 0.3) is 0 Å². The van der Waals surface area contributed by atoms with Gasteiger partial charge >= 0.3 is 0 Å². The summed E-state index contributed by atoms with van der Waals surface area (Å²) in [5, 5.41) is 11.2. The minimum absolute atomic E-state index is 0.0293. The number of rotatable bonds is 8. The van der Waals surface area contributed by atoms with E-state index in [-0.39, 0.29) is 11.7 Å². The van der Waals surface area contributed by atoms with E-state index in [1.807, 2.05) is 13.8 Å². The molecule has 0 aromatic carbocycles. The molecule has 94 valence electrons. The van der Waals surface area contributed by atoms with Crippen LogP contribution in [0.1, 0.15) is 26.7 Å². The van der Waals surface area contributed by atoms with Crippen molar-refractivity contribution >= 4 is 11.7 Å². The Kier molecular flexibility index (Phi) is 8.24. The largest absolute Gasteiger partial charge is 0.409 e. The van der Waals surface area contributed by atoms with Gasteiger partial charge in [0.2, 0.25) is 5.91 Å². The molecule has 0 radical (unpaired) electrons. The Morgan fingerprint density at radius 3 is 2.62 bits per heavy atom. The Hall–Kier alpha value is -1.30. The first-order valence-electron chi connectivity index (χ1n) is 5.47. The molecule has 0 unspecified atom stereocenters. The molecule has 0 saturated heterocycles. The van der Waals surface area contributed by atoms with Crippen molar-refractivity contribution in [2.75, 3.05) is 26.3 Å². The van der Waals surface area contributed by atoms with Crippen molar-refractivity contribution in [3.05, 3.63) is 0 Å². The van der Waals surface area contributed by atoms with Crippen molar-refractivity contribution in [2.45, 2.75) is 26.7 Å². The Labute approximate surface area is 96.0 Å². The van der Waals surface area contributed by atoms with Gasteiger partial charge < -0.3 is 20.6 Å². The number of amides is 1. The second kappa shape index (κ2) is 8.96. The minimum atomic E-state index is 0.0293. The molecule has 0 aromatic heterocycles. The zero-order valence-electron chi connectivity index (χ0n) is 9.98. The number of ether oxygens (including phenoxy) is 1. The van der Waals surface area contributed by atoms with Gasteiger partial charge in [-0.1, -0.05) is 5.16 Å². The lowest BCUT2D eigenvalue weighted by molar-refractivity contribution is -0.132. The number of carbonyl (C=O) groups excluding carboxylic acids is 1. The monoisotopic (exact) mass is 231 g/mol. The lowest BCUT2D eigenvalue weighted by Crippen LogP contribution is -2.34. The summed E-state index contributed by atoms with van der Waals surface area (Å²) in [5.74, 6) is 0.165. The third-order valence-electron chi connectivity index (χ3n) is 2.17. The van der Waals surface area contributed by atoms with Crippen LogP contribution in [0.2, 0.25) is 0 Å². The Bertz CT molecular complexity index is 231. The Morgan fingerprint density at radius 1 is 1.44 bits per heavy atom. The van der Waals surface area contributed by atoms with Gasteiger partial charge in [-0.15, -0.1) is 0 Å². The molecule has 1 amide bonds. The van der Waals surface area contributed by atoms with Gasteiger partial charge in [0.1, 0.15) is 5.84 Å². The van der Waals surface area contributed by atoms with Gasteiger partial charge in [0.05, 0.1) is 13.0 Å². The molecule has 0 spiro atoms.